The summed E-state index contributed by atoms with van der Waals surface area (Å²) in [5, 5.41) is 3.54. The Morgan fingerprint density at radius 1 is 1.06 bits per heavy atom. The van der Waals surface area contributed by atoms with Crippen LogP contribution in [0.5, 0.6) is 0 Å². The second kappa shape index (κ2) is 4.16. The highest BCUT2D eigenvalue weighted by Gasteiger charge is 2.52. The van der Waals surface area contributed by atoms with Crippen LogP contribution >= 0.6 is 0 Å². The molecule has 2 saturated carbocycles. The third kappa shape index (κ3) is 2.10. The van der Waals surface area contributed by atoms with Gasteiger partial charge in [0.05, 0.1) is 12.2 Å². The summed E-state index contributed by atoms with van der Waals surface area (Å²) in [5.74, 6) is -1.81. The van der Waals surface area contributed by atoms with Crippen molar-refractivity contribution in [2.45, 2.75) is 62.5 Å². The Labute approximate surface area is 101 Å². The molecule has 0 bridgehead atoms. The van der Waals surface area contributed by atoms with Crippen molar-refractivity contribution >= 4 is 0 Å². The summed E-state index contributed by atoms with van der Waals surface area (Å²) in [6, 6.07) is 0.320. The lowest BCUT2D eigenvalue weighted by atomic mass is 9.67. The lowest BCUT2D eigenvalue weighted by molar-refractivity contribution is -0.174. The fourth-order valence-electron chi connectivity index (χ4n) is 3.61. The lowest BCUT2D eigenvalue weighted by Gasteiger charge is -2.52. The van der Waals surface area contributed by atoms with Gasteiger partial charge in [0.2, 0.25) is 5.92 Å². The molecule has 0 aromatic rings. The van der Waals surface area contributed by atoms with Crippen LogP contribution in [0, 0.1) is 5.92 Å². The number of ether oxygens (including phenoxy) is 1. The Hall–Kier alpha value is -0.220. The number of nitrogens with one attached hydrogen (secondary N) is 1. The number of alkyl halides is 2. The minimum Gasteiger partial charge on any atom is -0.372 e. The van der Waals surface area contributed by atoms with Crippen molar-refractivity contribution in [1.29, 1.82) is 0 Å². The van der Waals surface area contributed by atoms with E-state index < -0.39 is 5.92 Å². The van der Waals surface area contributed by atoms with Gasteiger partial charge < -0.3 is 10.1 Å². The highest BCUT2D eigenvalue weighted by molar-refractivity contribution is 5.04. The van der Waals surface area contributed by atoms with Crippen molar-refractivity contribution in [2.75, 3.05) is 13.2 Å². The van der Waals surface area contributed by atoms with Crippen molar-refractivity contribution in [3.8, 4) is 0 Å². The van der Waals surface area contributed by atoms with Crippen LogP contribution in [0.15, 0.2) is 0 Å². The van der Waals surface area contributed by atoms with Crippen molar-refractivity contribution in [3.63, 3.8) is 0 Å². The SMILES string of the molecule is FC1(F)CCC2(CC1)OCCNC2C1CCC1. The summed E-state index contributed by atoms with van der Waals surface area (Å²) < 4.78 is 32.6. The Morgan fingerprint density at radius 2 is 1.76 bits per heavy atom. The van der Waals surface area contributed by atoms with E-state index >= 15 is 0 Å². The third-order valence-electron chi connectivity index (χ3n) is 4.87. The van der Waals surface area contributed by atoms with Crippen LogP contribution in [-0.4, -0.2) is 30.7 Å². The minimum atomic E-state index is -2.46. The maximum absolute atomic E-state index is 13.3. The lowest BCUT2D eigenvalue weighted by Crippen LogP contribution is -2.63. The van der Waals surface area contributed by atoms with E-state index in [1.54, 1.807) is 0 Å². The zero-order valence-corrected chi connectivity index (χ0v) is 10.2. The van der Waals surface area contributed by atoms with Crippen molar-refractivity contribution in [2.24, 2.45) is 5.92 Å². The first kappa shape index (κ1) is 11.8. The quantitative estimate of drug-likeness (QED) is 0.767. The molecule has 17 heavy (non-hydrogen) atoms. The van der Waals surface area contributed by atoms with Crippen LogP contribution in [0.1, 0.15) is 44.9 Å². The van der Waals surface area contributed by atoms with Gasteiger partial charge in [-0.1, -0.05) is 6.42 Å². The minimum absolute atomic E-state index is 0.00208. The van der Waals surface area contributed by atoms with Gasteiger partial charge in [0.1, 0.15) is 0 Å². The first-order chi connectivity index (χ1) is 8.11. The summed E-state index contributed by atoms with van der Waals surface area (Å²) in [6.45, 7) is 1.55. The highest BCUT2D eigenvalue weighted by Crippen LogP contribution is 2.47. The van der Waals surface area contributed by atoms with Crippen LogP contribution in [0.3, 0.4) is 0 Å². The van der Waals surface area contributed by atoms with Gasteiger partial charge in [-0.15, -0.1) is 0 Å². The summed E-state index contributed by atoms with van der Waals surface area (Å²) in [4.78, 5) is 0. The molecule has 1 N–H and O–H groups in total. The largest absolute Gasteiger partial charge is 0.372 e. The van der Waals surface area contributed by atoms with E-state index in [0.29, 0.717) is 31.4 Å². The molecule has 1 atom stereocenters. The molecule has 1 unspecified atom stereocenters. The predicted octanol–water partition coefficient (Wildman–Crippen LogP) is 2.72. The molecule has 1 saturated heterocycles. The Morgan fingerprint density at radius 3 is 2.35 bits per heavy atom. The fraction of sp³-hybridized carbons (Fsp3) is 1.00. The third-order valence-corrected chi connectivity index (χ3v) is 4.87. The number of halogens is 2. The molecule has 1 spiro atoms. The van der Waals surface area contributed by atoms with Gasteiger partial charge in [-0.3, -0.25) is 0 Å². The average molecular weight is 245 g/mol. The van der Waals surface area contributed by atoms with Crippen LogP contribution < -0.4 is 5.32 Å². The van der Waals surface area contributed by atoms with E-state index in [-0.39, 0.29) is 18.4 Å². The summed E-state index contributed by atoms with van der Waals surface area (Å²) in [6.07, 6.45) is 4.80. The molecular weight excluding hydrogens is 224 g/mol. The van der Waals surface area contributed by atoms with E-state index in [2.05, 4.69) is 5.32 Å². The maximum Gasteiger partial charge on any atom is 0.248 e. The molecule has 3 rings (SSSR count). The summed E-state index contributed by atoms with van der Waals surface area (Å²) in [7, 11) is 0. The molecule has 0 aromatic carbocycles. The number of morpholine rings is 1. The van der Waals surface area contributed by atoms with Crippen molar-refractivity contribution < 1.29 is 13.5 Å². The second-order valence-electron chi connectivity index (χ2n) is 5.89. The van der Waals surface area contributed by atoms with Gasteiger partial charge in [-0.05, 0) is 31.6 Å². The molecule has 4 heteroatoms. The van der Waals surface area contributed by atoms with E-state index in [9.17, 15) is 8.78 Å². The Bertz CT molecular complexity index is 281. The van der Waals surface area contributed by atoms with E-state index in [4.69, 9.17) is 4.74 Å². The molecule has 0 radical (unpaired) electrons. The van der Waals surface area contributed by atoms with Gasteiger partial charge >= 0.3 is 0 Å². The van der Waals surface area contributed by atoms with Crippen LogP contribution in [0.2, 0.25) is 0 Å². The number of hydrogen-bond acceptors (Lipinski definition) is 2. The molecule has 2 aliphatic carbocycles. The van der Waals surface area contributed by atoms with Crippen LogP contribution in [-0.2, 0) is 4.74 Å². The monoisotopic (exact) mass is 245 g/mol. The molecule has 3 fully saturated rings. The van der Waals surface area contributed by atoms with Crippen molar-refractivity contribution in [3.05, 3.63) is 0 Å². The molecule has 2 nitrogen and oxygen atoms in total. The molecule has 0 amide bonds. The zero-order chi connectivity index (χ0) is 11.9. The molecule has 0 aromatic heterocycles. The van der Waals surface area contributed by atoms with Gasteiger partial charge in [0.25, 0.3) is 0 Å². The normalized spacial score (nSPS) is 36.7. The first-order valence-corrected chi connectivity index (χ1v) is 6.87. The molecule has 1 heterocycles. The average Bonchev–Trinajstić information content (AvgIpc) is 2.24. The van der Waals surface area contributed by atoms with E-state index in [1.165, 1.54) is 19.3 Å². The summed E-state index contributed by atoms with van der Waals surface area (Å²) >= 11 is 0. The van der Waals surface area contributed by atoms with Gasteiger partial charge in [0.15, 0.2) is 0 Å². The maximum atomic E-state index is 13.3. The molecule has 98 valence electrons. The summed E-state index contributed by atoms with van der Waals surface area (Å²) in [5.41, 5.74) is -0.287. The first-order valence-electron chi connectivity index (χ1n) is 6.87. The fourth-order valence-corrected chi connectivity index (χ4v) is 3.61. The zero-order valence-electron chi connectivity index (χ0n) is 10.2. The van der Waals surface area contributed by atoms with E-state index in [0.717, 1.165) is 6.54 Å². The molecular formula is C13H21F2NO. The van der Waals surface area contributed by atoms with E-state index in [1.807, 2.05) is 0 Å². The Kier molecular flexibility index (Phi) is 2.90. The van der Waals surface area contributed by atoms with Crippen LogP contribution in [0.25, 0.3) is 0 Å². The smallest absolute Gasteiger partial charge is 0.248 e. The topological polar surface area (TPSA) is 21.3 Å². The Balaban J connectivity index is 1.73. The van der Waals surface area contributed by atoms with Gasteiger partial charge in [-0.25, -0.2) is 8.78 Å². The van der Waals surface area contributed by atoms with Crippen LogP contribution in [0.4, 0.5) is 8.78 Å². The molecule has 1 aliphatic heterocycles. The highest BCUT2D eigenvalue weighted by atomic mass is 19.3. The number of rotatable bonds is 1. The van der Waals surface area contributed by atoms with Gasteiger partial charge in [-0.2, -0.15) is 0 Å². The van der Waals surface area contributed by atoms with Crippen molar-refractivity contribution in [1.82, 2.24) is 5.32 Å². The van der Waals surface area contributed by atoms with Gasteiger partial charge in [0, 0.05) is 25.4 Å². The molecule has 3 aliphatic rings. The predicted molar refractivity (Wildman–Crippen MR) is 61.2 cm³/mol. The second-order valence-corrected chi connectivity index (χ2v) is 5.89. The number of hydrogen-bond donors (Lipinski definition) is 1. The standard InChI is InChI=1S/C13H21F2NO/c14-13(15)6-4-12(5-7-13)11(10-2-1-3-10)16-8-9-17-12/h10-11,16H,1-9H2.